The third-order valence-corrected chi connectivity index (χ3v) is 6.56. The number of rotatable bonds is 5. The lowest BCUT2D eigenvalue weighted by Crippen LogP contribution is -2.31. The van der Waals surface area contributed by atoms with E-state index in [9.17, 15) is 19.8 Å². The van der Waals surface area contributed by atoms with Gasteiger partial charge in [-0.3, -0.25) is 14.5 Å². The molecule has 2 N–H and O–H groups in total. The topological polar surface area (TPSA) is 100 Å². The molecule has 1 aliphatic rings. The summed E-state index contributed by atoms with van der Waals surface area (Å²) in [6.07, 6.45) is 0. The number of aliphatic hydroxyl groups is 1. The summed E-state index contributed by atoms with van der Waals surface area (Å²) in [4.78, 5) is 28.3. The highest BCUT2D eigenvalue weighted by Gasteiger charge is 2.45. The SMILES string of the molecule is COc1cc(C2C(C(=O)c3cc4cc(Br)ccc4o3)=C(O)C(=O)N2c2ccccc2)cc(Cl)c1O. The predicted octanol–water partition coefficient (Wildman–Crippen LogP) is 6.35. The van der Waals surface area contributed by atoms with E-state index in [-0.39, 0.29) is 27.9 Å². The fourth-order valence-electron chi connectivity index (χ4n) is 4.17. The first-order valence-electron chi connectivity index (χ1n) is 10.4. The van der Waals surface area contributed by atoms with Gasteiger partial charge in [0.05, 0.1) is 23.7 Å². The van der Waals surface area contributed by atoms with E-state index >= 15 is 0 Å². The fourth-order valence-corrected chi connectivity index (χ4v) is 4.77. The van der Waals surface area contributed by atoms with E-state index in [2.05, 4.69) is 15.9 Å². The van der Waals surface area contributed by atoms with Gasteiger partial charge < -0.3 is 19.4 Å². The van der Waals surface area contributed by atoms with E-state index in [4.69, 9.17) is 20.8 Å². The molecule has 0 saturated carbocycles. The van der Waals surface area contributed by atoms with Gasteiger partial charge in [0, 0.05) is 15.5 Å². The molecule has 9 heteroatoms. The van der Waals surface area contributed by atoms with Crippen LogP contribution in [-0.2, 0) is 4.79 Å². The number of aromatic hydroxyl groups is 1. The maximum Gasteiger partial charge on any atom is 0.294 e. The number of methoxy groups -OCH3 is 1. The van der Waals surface area contributed by atoms with Crippen molar-refractivity contribution < 1.29 is 29.0 Å². The number of halogens is 2. The molecule has 0 spiro atoms. The van der Waals surface area contributed by atoms with Gasteiger partial charge in [0.15, 0.2) is 23.0 Å². The molecule has 1 atom stereocenters. The Kier molecular flexibility index (Phi) is 5.78. The minimum atomic E-state index is -1.07. The highest BCUT2D eigenvalue weighted by molar-refractivity contribution is 9.10. The maximum atomic E-state index is 13.7. The molecule has 0 saturated heterocycles. The van der Waals surface area contributed by atoms with Crippen molar-refractivity contribution in [3.8, 4) is 11.5 Å². The van der Waals surface area contributed by atoms with Crippen LogP contribution in [0.1, 0.15) is 22.2 Å². The second kappa shape index (κ2) is 8.79. The zero-order valence-corrected chi connectivity index (χ0v) is 20.5. The van der Waals surface area contributed by atoms with Crippen molar-refractivity contribution in [1.82, 2.24) is 0 Å². The number of nitrogens with zero attached hydrogens (tertiary/aromatic N) is 1. The van der Waals surface area contributed by atoms with Crippen molar-refractivity contribution in [2.45, 2.75) is 6.04 Å². The van der Waals surface area contributed by atoms with Crippen molar-refractivity contribution in [2.24, 2.45) is 0 Å². The van der Waals surface area contributed by atoms with Crippen LogP contribution in [0.3, 0.4) is 0 Å². The molecular weight excluding hydrogens is 538 g/mol. The number of para-hydroxylation sites is 1. The van der Waals surface area contributed by atoms with Crippen LogP contribution < -0.4 is 9.64 Å². The lowest BCUT2D eigenvalue weighted by Gasteiger charge is -2.27. The summed E-state index contributed by atoms with van der Waals surface area (Å²) in [6.45, 7) is 0. The Balaban J connectivity index is 1.70. The molecule has 176 valence electrons. The second-order valence-corrected chi connectivity index (χ2v) is 9.17. The van der Waals surface area contributed by atoms with E-state index in [0.29, 0.717) is 22.2 Å². The van der Waals surface area contributed by atoms with E-state index in [0.717, 1.165) is 4.47 Å². The Hall–Kier alpha value is -3.75. The lowest BCUT2D eigenvalue weighted by atomic mass is 9.94. The molecule has 5 rings (SSSR count). The minimum absolute atomic E-state index is 0.0356. The van der Waals surface area contributed by atoms with Crippen molar-refractivity contribution in [3.05, 3.63) is 98.9 Å². The molecule has 0 aliphatic carbocycles. The third kappa shape index (κ3) is 3.84. The Morgan fingerprint density at radius 3 is 2.54 bits per heavy atom. The van der Waals surface area contributed by atoms with E-state index in [1.807, 2.05) is 0 Å². The van der Waals surface area contributed by atoms with E-state index in [1.165, 1.54) is 24.1 Å². The zero-order chi connectivity index (χ0) is 24.9. The first kappa shape index (κ1) is 23.0. The molecule has 0 radical (unpaired) electrons. The smallest absolute Gasteiger partial charge is 0.294 e. The van der Waals surface area contributed by atoms with Gasteiger partial charge in [-0.05, 0) is 54.1 Å². The standard InChI is InChI=1S/C26H17BrClNO6/c1-34-19-12-14(10-17(28)23(19)30)22-21(25(32)26(33)29(22)16-5-3-2-4-6-16)24(31)20-11-13-9-15(27)7-8-18(13)35-20/h2-12,22,30,32H,1H3. The quantitative estimate of drug-likeness (QED) is 0.279. The lowest BCUT2D eigenvalue weighted by molar-refractivity contribution is -0.117. The number of Topliss-reactive ketones (excluding diaryl/α,β-unsaturated/α-hetero) is 1. The molecule has 1 aromatic heterocycles. The summed E-state index contributed by atoms with van der Waals surface area (Å²) in [7, 11) is 1.36. The highest BCUT2D eigenvalue weighted by atomic mass is 79.9. The molecule has 7 nitrogen and oxygen atoms in total. The number of carbonyl (C=O) groups is 2. The number of hydrogen-bond donors (Lipinski definition) is 2. The van der Waals surface area contributed by atoms with Gasteiger partial charge in [-0.15, -0.1) is 0 Å². The normalized spacial score (nSPS) is 15.8. The average molecular weight is 555 g/mol. The van der Waals surface area contributed by atoms with Crippen LogP contribution in [0.25, 0.3) is 11.0 Å². The molecule has 0 bridgehead atoms. The monoisotopic (exact) mass is 553 g/mol. The summed E-state index contributed by atoms with van der Waals surface area (Å²) in [6, 6.07) is 17.3. The summed E-state index contributed by atoms with van der Waals surface area (Å²) < 4.78 is 11.8. The number of aliphatic hydroxyl groups excluding tert-OH is 1. The zero-order valence-electron chi connectivity index (χ0n) is 18.2. The van der Waals surface area contributed by atoms with E-state index in [1.54, 1.807) is 54.6 Å². The highest BCUT2D eigenvalue weighted by Crippen LogP contribution is 2.46. The fraction of sp³-hybridized carbons (Fsp3) is 0.0769. The van der Waals surface area contributed by atoms with Crippen LogP contribution in [0.5, 0.6) is 11.5 Å². The number of hydrogen-bond acceptors (Lipinski definition) is 6. The van der Waals surface area contributed by atoms with Gasteiger partial charge in [0.1, 0.15) is 5.58 Å². The van der Waals surface area contributed by atoms with E-state index < -0.39 is 23.5 Å². The van der Waals surface area contributed by atoms with Crippen LogP contribution in [0.4, 0.5) is 5.69 Å². The van der Waals surface area contributed by atoms with Gasteiger partial charge in [-0.25, -0.2) is 0 Å². The van der Waals surface area contributed by atoms with Gasteiger partial charge in [-0.2, -0.15) is 0 Å². The molecular formula is C26H17BrClNO6. The molecule has 2 heterocycles. The number of benzene rings is 3. The minimum Gasteiger partial charge on any atom is -0.503 e. The Bertz CT molecular complexity index is 1530. The van der Waals surface area contributed by atoms with Crippen molar-refractivity contribution in [2.75, 3.05) is 12.0 Å². The first-order chi connectivity index (χ1) is 16.8. The molecule has 1 unspecified atom stereocenters. The molecule has 1 aliphatic heterocycles. The number of furan rings is 1. The van der Waals surface area contributed by atoms with Crippen molar-refractivity contribution in [3.63, 3.8) is 0 Å². The number of amides is 1. The molecule has 35 heavy (non-hydrogen) atoms. The summed E-state index contributed by atoms with van der Waals surface area (Å²) >= 11 is 9.63. The van der Waals surface area contributed by atoms with Crippen LogP contribution in [0.2, 0.25) is 5.02 Å². The Labute approximate surface area is 212 Å². The first-order valence-corrected chi connectivity index (χ1v) is 11.6. The van der Waals surface area contributed by atoms with Crippen molar-refractivity contribution >= 4 is 55.9 Å². The molecule has 3 aromatic carbocycles. The van der Waals surface area contributed by atoms with Gasteiger partial charge in [0.25, 0.3) is 5.91 Å². The maximum absolute atomic E-state index is 13.7. The number of phenolic OH excluding ortho intramolecular Hbond substituents is 1. The van der Waals surface area contributed by atoms with Gasteiger partial charge in [-0.1, -0.05) is 45.7 Å². The number of fused-ring (bicyclic) bond motifs is 1. The number of ether oxygens (including phenoxy) is 1. The van der Waals surface area contributed by atoms with Crippen LogP contribution >= 0.6 is 27.5 Å². The molecule has 1 amide bonds. The Morgan fingerprint density at radius 1 is 1.09 bits per heavy atom. The Morgan fingerprint density at radius 2 is 1.83 bits per heavy atom. The summed E-state index contributed by atoms with van der Waals surface area (Å²) in [5.41, 5.74) is 1.11. The average Bonchev–Trinajstić information content (AvgIpc) is 3.39. The van der Waals surface area contributed by atoms with Crippen LogP contribution in [-0.4, -0.2) is 29.0 Å². The second-order valence-electron chi connectivity index (χ2n) is 7.85. The molecule has 0 fully saturated rings. The number of phenols is 1. The molecule has 4 aromatic rings. The largest absolute Gasteiger partial charge is 0.503 e. The van der Waals surface area contributed by atoms with Gasteiger partial charge in [0.2, 0.25) is 5.78 Å². The van der Waals surface area contributed by atoms with Gasteiger partial charge >= 0.3 is 0 Å². The summed E-state index contributed by atoms with van der Waals surface area (Å²) in [5.74, 6) is -2.38. The number of carbonyl (C=O) groups excluding carboxylic acids is 2. The van der Waals surface area contributed by atoms with Crippen LogP contribution in [0, 0.1) is 0 Å². The number of ketones is 1. The number of anilines is 1. The third-order valence-electron chi connectivity index (χ3n) is 5.78. The summed E-state index contributed by atoms with van der Waals surface area (Å²) in [5, 5.41) is 21.8. The van der Waals surface area contributed by atoms with Crippen molar-refractivity contribution in [1.29, 1.82) is 0 Å². The van der Waals surface area contributed by atoms with Crippen LogP contribution in [0.15, 0.2) is 87.0 Å². The predicted molar refractivity (Wildman–Crippen MR) is 134 cm³/mol.